The lowest BCUT2D eigenvalue weighted by Gasteiger charge is -2.26. The van der Waals surface area contributed by atoms with Crippen molar-refractivity contribution in [2.45, 2.75) is 31.4 Å². The van der Waals surface area contributed by atoms with E-state index in [1.54, 1.807) is 11.8 Å². The highest BCUT2D eigenvalue weighted by Gasteiger charge is 2.24. The molecule has 1 aromatic carbocycles. The minimum Gasteiger partial charge on any atom is -0.357 e. The number of benzene rings is 1. The van der Waals surface area contributed by atoms with Gasteiger partial charge >= 0.3 is 0 Å². The Labute approximate surface area is 165 Å². The molecule has 0 fully saturated rings. The lowest BCUT2D eigenvalue weighted by molar-refractivity contribution is -0.116. The van der Waals surface area contributed by atoms with Crippen LogP contribution in [0.1, 0.15) is 31.7 Å². The normalized spacial score (nSPS) is 18.0. The second-order valence-electron chi connectivity index (χ2n) is 5.68. The van der Waals surface area contributed by atoms with Gasteiger partial charge in [0.1, 0.15) is 0 Å². The summed E-state index contributed by atoms with van der Waals surface area (Å²) in [7, 11) is 0. The number of rotatable bonds is 6. The summed E-state index contributed by atoms with van der Waals surface area (Å²) in [5, 5.41) is 10.1. The van der Waals surface area contributed by atoms with Crippen molar-refractivity contribution >= 4 is 53.3 Å². The lowest BCUT2D eigenvalue weighted by atomic mass is 9.90. The first-order chi connectivity index (χ1) is 11.1. The standard InChI is InChI=1S/C17H26N4OS.HI/c1-4-18-17(19-10-12(2)23-3)20-11-13-9-16(22)21-15-8-6-5-7-14(13)15;/h5-8,12-13H,4,9-11H2,1-3H3,(H,21,22)(H2,18,19,20);1H. The molecule has 7 heteroatoms. The Kier molecular flexibility index (Phi) is 9.50. The molecule has 1 heterocycles. The van der Waals surface area contributed by atoms with Crippen molar-refractivity contribution in [3.05, 3.63) is 29.8 Å². The number of carbonyl (C=O) groups is 1. The van der Waals surface area contributed by atoms with E-state index in [0.29, 0.717) is 18.2 Å². The molecule has 1 amide bonds. The van der Waals surface area contributed by atoms with Gasteiger partial charge in [0, 0.05) is 36.4 Å². The summed E-state index contributed by atoms with van der Waals surface area (Å²) < 4.78 is 0. The molecule has 2 unspecified atom stereocenters. The van der Waals surface area contributed by atoms with Gasteiger partial charge in [0.15, 0.2) is 5.96 Å². The van der Waals surface area contributed by atoms with E-state index in [4.69, 9.17) is 0 Å². The molecule has 5 nitrogen and oxygen atoms in total. The number of guanidine groups is 1. The van der Waals surface area contributed by atoms with Gasteiger partial charge in [-0.2, -0.15) is 11.8 Å². The smallest absolute Gasteiger partial charge is 0.225 e. The summed E-state index contributed by atoms with van der Waals surface area (Å²) in [6.07, 6.45) is 2.60. The van der Waals surface area contributed by atoms with E-state index in [-0.39, 0.29) is 35.8 Å². The van der Waals surface area contributed by atoms with Crippen molar-refractivity contribution in [1.82, 2.24) is 10.6 Å². The topological polar surface area (TPSA) is 65.5 Å². The monoisotopic (exact) mass is 462 g/mol. The van der Waals surface area contributed by atoms with E-state index in [1.807, 2.05) is 18.2 Å². The molecule has 0 aliphatic carbocycles. The quantitative estimate of drug-likeness (QED) is 0.346. The molecule has 24 heavy (non-hydrogen) atoms. The summed E-state index contributed by atoms with van der Waals surface area (Å²) in [6, 6.07) is 8.01. The number of aliphatic imine (C=N–C) groups is 1. The van der Waals surface area contributed by atoms with Gasteiger partial charge in [-0.15, -0.1) is 24.0 Å². The van der Waals surface area contributed by atoms with Gasteiger partial charge in [-0.3, -0.25) is 9.79 Å². The Morgan fingerprint density at radius 2 is 2.17 bits per heavy atom. The van der Waals surface area contributed by atoms with Crippen molar-refractivity contribution in [3.8, 4) is 0 Å². The molecule has 2 rings (SSSR count). The van der Waals surface area contributed by atoms with Crippen molar-refractivity contribution in [1.29, 1.82) is 0 Å². The fourth-order valence-electron chi connectivity index (χ4n) is 2.54. The van der Waals surface area contributed by atoms with Crippen LogP contribution in [0.5, 0.6) is 0 Å². The second kappa shape index (κ2) is 10.8. The summed E-state index contributed by atoms with van der Waals surface area (Å²) in [5.41, 5.74) is 2.11. The number of halogens is 1. The molecule has 134 valence electrons. The number of fused-ring (bicyclic) bond motifs is 1. The third kappa shape index (κ3) is 6.16. The van der Waals surface area contributed by atoms with Gasteiger partial charge in [0.05, 0.1) is 6.54 Å². The van der Waals surface area contributed by atoms with Crippen molar-refractivity contribution in [2.75, 3.05) is 31.2 Å². The largest absolute Gasteiger partial charge is 0.357 e. The second-order valence-corrected chi connectivity index (χ2v) is 6.96. The van der Waals surface area contributed by atoms with Gasteiger partial charge in [0.2, 0.25) is 5.91 Å². The zero-order chi connectivity index (χ0) is 16.7. The van der Waals surface area contributed by atoms with Crippen molar-refractivity contribution < 1.29 is 4.79 Å². The van der Waals surface area contributed by atoms with Crippen LogP contribution in [0.4, 0.5) is 5.69 Å². The Morgan fingerprint density at radius 1 is 1.42 bits per heavy atom. The molecule has 1 aromatic rings. The van der Waals surface area contributed by atoms with Crippen LogP contribution >= 0.6 is 35.7 Å². The Balaban J connectivity index is 0.00000288. The fraction of sp³-hybridized carbons (Fsp3) is 0.529. The van der Waals surface area contributed by atoms with Crippen LogP contribution in [0.15, 0.2) is 29.3 Å². The molecule has 0 saturated heterocycles. The minimum absolute atomic E-state index is 0. The third-order valence-corrected chi connectivity index (χ3v) is 4.83. The van der Waals surface area contributed by atoms with E-state index in [1.165, 1.54) is 5.56 Å². The average Bonchev–Trinajstić information content (AvgIpc) is 2.56. The maximum absolute atomic E-state index is 11.9. The Morgan fingerprint density at radius 3 is 2.88 bits per heavy atom. The molecular formula is C17H27IN4OS. The summed E-state index contributed by atoms with van der Waals surface area (Å²) >= 11 is 1.81. The molecule has 0 bridgehead atoms. The molecule has 0 saturated carbocycles. The number of hydrogen-bond acceptors (Lipinski definition) is 3. The van der Waals surface area contributed by atoms with Crippen LogP contribution in [-0.4, -0.2) is 43.0 Å². The van der Waals surface area contributed by atoms with Gasteiger partial charge < -0.3 is 16.0 Å². The SMILES string of the molecule is CCNC(=NCC(C)SC)NCC1CC(=O)Nc2ccccc21.I. The highest BCUT2D eigenvalue weighted by atomic mass is 127. The highest BCUT2D eigenvalue weighted by molar-refractivity contribution is 14.0. The first kappa shape index (κ1) is 21.1. The minimum atomic E-state index is 0. The van der Waals surface area contributed by atoms with Crippen LogP contribution in [0.3, 0.4) is 0 Å². The number of anilines is 1. The van der Waals surface area contributed by atoms with Gasteiger partial charge in [-0.1, -0.05) is 25.1 Å². The molecular weight excluding hydrogens is 435 g/mol. The van der Waals surface area contributed by atoms with Crippen LogP contribution in [0.25, 0.3) is 0 Å². The van der Waals surface area contributed by atoms with E-state index >= 15 is 0 Å². The number of carbonyl (C=O) groups excluding carboxylic acids is 1. The number of amides is 1. The van der Waals surface area contributed by atoms with Gasteiger partial charge in [-0.25, -0.2) is 0 Å². The van der Waals surface area contributed by atoms with E-state index < -0.39 is 0 Å². The number of thioether (sulfide) groups is 1. The summed E-state index contributed by atoms with van der Waals surface area (Å²) in [5.74, 6) is 1.06. The molecule has 2 atom stereocenters. The first-order valence-electron chi connectivity index (χ1n) is 8.07. The molecule has 1 aliphatic heterocycles. The van der Waals surface area contributed by atoms with Crippen LogP contribution in [0, 0.1) is 0 Å². The predicted molar refractivity (Wildman–Crippen MR) is 115 cm³/mol. The van der Waals surface area contributed by atoms with Gasteiger partial charge in [-0.05, 0) is 24.8 Å². The Hall–Kier alpha value is -0.960. The molecule has 1 aliphatic rings. The summed E-state index contributed by atoms with van der Waals surface area (Å²) in [6.45, 7) is 6.52. The number of para-hydroxylation sites is 1. The maximum Gasteiger partial charge on any atom is 0.225 e. The van der Waals surface area contributed by atoms with Crippen LogP contribution in [-0.2, 0) is 4.79 Å². The predicted octanol–water partition coefficient (Wildman–Crippen LogP) is 3.04. The molecule has 0 aromatic heterocycles. The number of hydrogen-bond donors (Lipinski definition) is 3. The van der Waals surface area contributed by atoms with Gasteiger partial charge in [0.25, 0.3) is 0 Å². The van der Waals surface area contributed by atoms with Crippen LogP contribution in [0.2, 0.25) is 0 Å². The van der Waals surface area contributed by atoms with E-state index in [0.717, 1.165) is 24.7 Å². The maximum atomic E-state index is 11.9. The summed E-state index contributed by atoms with van der Waals surface area (Å²) in [4.78, 5) is 16.5. The molecule has 0 spiro atoms. The van der Waals surface area contributed by atoms with Crippen molar-refractivity contribution in [2.24, 2.45) is 4.99 Å². The number of nitrogens with zero attached hydrogens (tertiary/aromatic N) is 1. The fourth-order valence-corrected chi connectivity index (χ4v) is 2.76. The zero-order valence-corrected chi connectivity index (χ0v) is 17.6. The van der Waals surface area contributed by atoms with Crippen LogP contribution < -0.4 is 16.0 Å². The molecule has 3 N–H and O–H groups in total. The highest BCUT2D eigenvalue weighted by Crippen LogP contribution is 2.31. The Bertz CT molecular complexity index is 567. The zero-order valence-electron chi connectivity index (χ0n) is 14.5. The van der Waals surface area contributed by atoms with Crippen molar-refractivity contribution in [3.63, 3.8) is 0 Å². The van der Waals surface area contributed by atoms with E-state index in [9.17, 15) is 4.79 Å². The average molecular weight is 462 g/mol. The first-order valence-corrected chi connectivity index (χ1v) is 9.36. The van der Waals surface area contributed by atoms with E-state index in [2.05, 4.69) is 47.1 Å². The lowest BCUT2D eigenvalue weighted by Crippen LogP contribution is -2.41. The molecule has 0 radical (unpaired) electrons. The third-order valence-electron chi connectivity index (χ3n) is 3.88. The number of nitrogens with one attached hydrogen (secondary N) is 3.